The Balaban J connectivity index is 1.30. The Bertz CT molecular complexity index is 1060. The van der Waals surface area contributed by atoms with E-state index >= 15 is 0 Å². The summed E-state index contributed by atoms with van der Waals surface area (Å²) in [6, 6.07) is 10.1. The summed E-state index contributed by atoms with van der Waals surface area (Å²) >= 11 is 1.38. The largest absolute Gasteiger partial charge is 0.477 e. The highest BCUT2D eigenvalue weighted by Crippen LogP contribution is 2.29. The topological polar surface area (TPSA) is 81.9 Å². The summed E-state index contributed by atoms with van der Waals surface area (Å²) in [5.74, 6) is 2.33. The summed E-state index contributed by atoms with van der Waals surface area (Å²) in [6.45, 7) is 7.21. The van der Waals surface area contributed by atoms with Crippen molar-refractivity contribution in [2.24, 2.45) is 5.92 Å². The molecule has 1 aliphatic carbocycles. The van der Waals surface area contributed by atoms with Crippen LogP contribution in [0.15, 0.2) is 41.7 Å². The maximum absolute atomic E-state index is 12.4. The van der Waals surface area contributed by atoms with Crippen molar-refractivity contribution in [3.05, 3.63) is 59.0 Å². The van der Waals surface area contributed by atoms with Crippen LogP contribution in [0.25, 0.3) is 5.69 Å². The molecule has 2 heterocycles. The number of ether oxygens (including phenoxy) is 1. The Morgan fingerprint density at radius 2 is 2.03 bits per heavy atom. The number of amides is 1. The van der Waals surface area contributed by atoms with Gasteiger partial charge in [0, 0.05) is 18.8 Å². The molecule has 0 bridgehead atoms. The highest BCUT2D eigenvalue weighted by Gasteiger charge is 2.22. The average Bonchev–Trinajstić information content (AvgIpc) is 3.53. The minimum Gasteiger partial charge on any atom is -0.477 e. The Labute approximate surface area is 186 Å². The van der Waals surface area contributed by atoms with Crippen molar-refractivity contribution < 1.29 is 9.53 Å². The van der Waals surface area contributed by atoms with E-state index in [0.717, 1.165) is 29.2 Å². The lowest BCUT2D eigenvalue weighted by molar-refractivity contribution is -0.118. The molecule has 1 saturated carbocycles. The van der Waals surface area contributed by atoms with Gasteiger partial charge in [0.2, 0.25) is 11.8 Å². The Hall–Kier alpha value is -2.87. The van der Waals surface area contributed by atoms with Gasteiger partial charge in [-0.15, -0.1) is 10.2 Å². The summed E-state index contributed by atoms with van der Waals surface area (Å²) < 4.78 is 7.65. The summed E-state index contributed by atoms with van der Waals surface area (Å²) in [7, 11) is 0. The minimum atomic E-state index is -0.0628. The third-order valence-corrected chi connectivity index (χ3v) is 6.11. The lowest BCUT2D eigenvalue weighted by Crippen LogP contribution is -2.24. The van der Waals surface area contributed by atoms with Crippen LogP contribution in [0.4, 0.5) is 0 Å². The van der Waals surface area contributed by atoms with Gasteiger partial charge in [-0.1, -0.05) is 30.0 Å². The van der Waals surface area contributed by atoms with Crippen molar-refractivity contribution in [3.8, 4) is 11.6 Å². The molecule has 0 radical (unpaired) electrons. The van der Waals surface area contributed by atoms with Crippen molar-refractivity contribution in [1.82, 2.24) is 25.1 Å². The number of hydrogen-bond acceptors (Lipinski definition) is 6. The molecule has 1 aromatic carbocycles. The van der Waals surface area contributed by atoms with Crippen LogP contribution >= 0.6 is 11.8 Å². The van der Waals surface area contributed by atoms with Crippen molar-refractivity contribution >= 4 is 17.7 Å². The first-order chi connectivity index (χ1) is 15.0. The van der Waals surface area contributed by atoms with Gasteiger partial charge in [0.1, 0.15) is 5.82 Å². The first-order valence-electron chi connectivity index (χ1n) is 10.5. The molecular formula is C23H27N5O2S. The van der Waals surface area contributed by atoms with Crippen LogP contribution < -0.4 is 10.1 Å². The second kappa shape index (κ2) is 9.51. The van der Waals surface area contributed by atoms with Gasteiger partial charge < -0.3 is 10.1 Å². The molecule has 162 valence electrons. The van der Waals surface area contributed by atoms with E-state index in [1.807, 2.05) is 23.6 Å². The molecule has 0 saturated heterocycles. The van der Waals surface area contributed by atoms with Gasteiger partial charge in [-0.05, 0) is 62.3 Å². The van der Waals surface area contributed by atoms with Crippen molar-refractivity contribution in [3.63, 3.8) is 0 Å². The summed E-state index contributed by atoms with van der Waals surface area (Å²) in [5, 5.41) is 12.1. The summed E-state index contributed by atoms with van der Waals surface area (Å²) in [4.78, 5) is 16.7. The van der Waals surface area contributed by atoms with E-state index in [-0.39, 0.29) is 11.7 Å². The van der Waals surface area contributed by atoms with Crippen LogP contribution in [0.1, 0.15) is 35.4 Å². The zero-order valence-corrected chi connectivity index (χ0v) is 18.9. The van der Waals surface area contributed by atoms with E-state index in [2.05, 4.69) is 52.5 Å². The van der Waals surface area contributed by atoms with E-state index < -0.39 is 0 Å². The number of carbonyl (C=O) groups excluding carboxylic acids is 1. The fourth-order valence-electron chi connectivity index (χ4n) is 3.14. The number of aromatic nitrogens is 4. The second-order valence-corrected chi connectivity index (χ2v) is 8.92. The molecule has 0 atom stereocenters. The van der Waals surface area contributed by atoms with Crippen LogP contribution in [0.3, 0.4) is 0 Å². The van der Waals surface area contributed by atoms with Crippen LogP contribution in [0.5, 0.6) is 5.88 Å². The average molecular weight is 438 g/mol. The molecule has 3 aromatic rings. The first kappa shape index (κ1) is 21.4. The quantitative estimate of drug-likeness (QED) is 0.513. The normalized spacial score (nSPS) is 13.3. The molecule has 31 heavy (non-hydrogen) atoms. The summed E-state index contributed by atoms with van der Waals surface area (Å²) in [5.41, 5.74) is 4.28. The molecule has 4 rings (SSSR count). The molecule has 1 aliphatic rings. The van der Waals surface area contributed by atoms with Gasteiger partial charge in [-0.2, -0.15) is 0 Å². The predicted octanol–water partition coefficient (Wildman–Crippen LogP) is 3.78. The molecule has 0 spiro atoms. The highest BCUT2D eigenvalue weighted by molar-refractivity contribution is 7.99. The zero-order valence-electron chi connectivity index (χ0n) is 18.1. The third-order valence-electron chi connectivity index (χ3n) is 5.18. The van der Waals surface area contributed by atoms with Gasteiger partial charge in [0.05, 0.1) is 18.0 Å². The standard InChI is InChI=1S/C23H27N5O2S/c1-15-4-5-16(2)20(10-15)28-17(3)26-27-23(28)31-14-21(29)24-11-19-8-9-22(25-12-19)30-13-18-6-7-18/h4-5,8-10,12,18H,6-7,11,13-14H2,1-3H3,(H,24,29). The van der Waals surface area contributed by atoms with Crippen LogP contribution in [-0.2, 0) is 11.3 Å². The van der Waals surface area contributed by atoms with E-state index in [1.54, 1.807) is 6.20 Å². The van der Waals surface area contributed by atoms with E-state index in [1.165, 1.54) is 30.2 Å². The number of benzene rings is 1. The fraction of sp³-hybridized carbons (Fsp3) is 0.391. The highest BCUT2D eigenvalue weighted by atomic mass is 32.2. The monoisotopic (exact) mass is 437 g/mol. The number of nitrogens with one attached hydrogen (secondary N) is 1. The molecule has 2 aromatic heterocycles. The number of thioether (sulfide) groups is 1. The number of hydrogen-bond donors (Lipinski definition) is 1. The molecule has 0 unspecified atom stereocenters. The predicted molar refractivity (Wildman–Crippen MR) is 121 cm³/mol. The molecule has 0 aliphatic heterocycles. The van der Waals surface area contributed by atoms with Gasteiger partial charge in [-0.3, -0.25) is 9.36 Å². The number of aryl methyl sites for hydroxylation is 3. The van der Waals surface area contributed by atoms with Gasteiger partial charge >= 0.3 is 0 Å². The molecular weight excluding hydrogens is 410 g/mol. The molecule has 8 heteroatoms. The number of nitrogens with zero attached hydrogens (tertiary/aromatic N) is 4. The fourth-order valence-corrected chi connectivity index (χ4v) is 3.96. The lowest BCUT2D eigenvalue weighted by Gasteiger charge is -2.12. The molecule has 1 N–H and O–H groups in total. The Kier molecular flexibility index (Phi) is 6.56. The zero-order chi connectivity index (χ0) is 21.8. The Morgan fingerprint density at radius 3 is 2.77 bits per heavy atom. The van der Waals surface area contributed by atoms with Crippen LogP contribution in [-0.4, -0.2) is 38.0 Å². The summed E-state index contributed by atoms with van der Waals surface area (Å²) in [6.07, 6.45) is 4.25. The molecule has 1 amide bonds. The van der Waals surface area contributed by atoms with Crippen molar-refractivity contribution in [2.45, 2.75) is 45.3 Å². The van der Waals surface area contributed by atoms with Gasteiger partial charge in [0.15, 0.2) is 5.16 Å². The molecule has 7 nitrogen and oxygen atoms in total. The first-order valence-corrected chi connectivity index (χ1v) is 11.4. The second-order valence-electron chi connectivity index (χ2n) is 7.98. The van der Waals surface area contributed by atoms with E-state index in [9.17, 15) is 4.79 Å². The molecule has 1 fully saturated rings. The SMILES string of the molecule is Cc1ccc(C)c(-n2c(C)nnc2SCC(=O)NCc2ccc(OCC3CC3)nc2)c1. The third kappa shape index (κ3) is 5.64. The van der Waals surface area contributed by atoms with E-state index in [4.69, 9.17) is 4.74 Å². The van der Waals surface area contributed by atoms with Gasteiger partial charge in [0.25, 0.3) is 0 Å². The number of rotatable bonds is 9. The van der Waals surface area contributed by atoms with Crippen molar-refractivity contribution in [1.29, 1.82) is 0 Å². The lowest BCUT2D eigenvalue weighted by atomic mass is 10.1. The van der Waals surface area contributed by atoms with E-state index in [0.29, 0.717) is 23.5 Å². The van der Waals surface area contributed by atoms with Crippen LogP contribution in [0.2, 0.25) is 0 Å². The number of pyridine rings is 1. The maximum atomic E-state index is 12.4. The van der Waals surface area contributed by atoms with Crippen molar-refractivity contribution in [2.75, 3.05) is 12.4 Å². The minimum absolute atomic E-state index is 0.0628. The number of carbonyl (C=O) groups is 1. The van der Waals surface area contributed by atoms with Crippen LogP contribution in [0, 0.1) is 26.7 Å². The Morgan fingerprint density at radius 1 is 1.19 bits per heavy atom. The van der Waals surface area contributed by atoms with Gasteiger partial charge in [-0.25, -0.2) is 4.98 Å². The smallest absolute Gasteiger partial charge is 0.230 e. The maximum Gasteiger partial charge on any atom is 0.230 e.